The molecule has 1 saturated heterocycles. The number of benzene rings is 2. The first kappa shape index (κ1) is 17.8. The second-order valence-corrected chi connectivity index (χ2v) is 7.34. The smallest absolute Gasteiger partial charge is 0.326 e. The number of nitrogens with one attached hydrogen (secondary N) is 1. The minimum absolute atomic E-state index is 0.0811. The van der Waals surface area contributed by atoms with Gasteiger partial charge in [-0.3, -0.25) is 9.36 Å². The van der Waals surface area contributed by atoms with Crippen LogP contribution in [-0.4, -0.2) is 33.4 Å². The van der Waals surface area contributed by atoms with Gasteiger partial charge in [0.15, 0.2) is 0 Å². The van der Waals surface area contributed by atoms with Crippen molar-refractivity contribution in [3.05, 3.63) is 69.4 Å². The molecule has 1 fully saturated rings. The molecule has 27 heavy (non-hydrogen) atoms. The van der Waals surface area contributed by atoms with E-state index in [-0.39, 0.29) is 29.1 Å². The lowest BCUT2D eigenvalue weighted by atomic mass is 10.0. The SMILES string of the molecule is O=C(Cc1cc(F)cc(Cl)c1)N1CCC[C@H](n2c(=O)[nH]c3ccccc32)C1. The van der Waals surface area contributed by atoms with Crippen molar-refractivity contribution in [3.63, 3.8) is 0 Å². The standard InChI is InChI=1S/C20H19ClFN3O2/c21-14-8-13(9-15(22)11-14)10-19(26)24-7-3-4-16(12-24)25-18-6-2-1-5-17(18)23-20(25)27/h1-2,5-6,8-9,11,16H,3-4,7,10,12H2,(H,23,27)/t16-/m0/s1. The zero-order chi connectivity index (χ0) is 19.0. The number of rotatable bonds is 3. The molecule has 0 unspecified atom stereocenters. The average molecular weight is 388 g/mol. The largest absolute Gasteiger partial charge is 0.340 e. The Morgan fingerprint density at radius 2 is 2.07 bits per heavy atom. The lowest BCUT2D eigenvalue weighted by molar-refractivity contribution is -0.132. The number of para-hydroxylation sites is 2. The second kappa shape index (κ2) is 7.19. The number of fused-ring (bicyclic) bond motifs is 1. The summed E-state index contributed by atoms with van der Waals surface area (Å²) in [4.78, 5) is 29.8. The van der Waals surface area contributed by atoms with Crippen molar-refractivity contribution < 1.29 is 9.18 Å². The predicted octanol–water partition coefficient (Wildman–Crippen LogP) is 3.53. The number of aromatic nitrogens is 2. The van der Waals surface area contributed by atoms with Gasteiger partial charge in [0.25, 0.3) is 0 Å². The molecule has 0 saturated carbocycles. The molecule has 1 aliphatic heterocycles. The van der Waals surface area contributed by atoms with Gasteiger partial charge in [-0.15, -0.1) is 0 Å². The molecular formula is C20H19ClFN3O2. The fourth-order valence-corrected chi connectivity index (χ4v) is 4.07. The van der Waals surface area contributed by atoms with E-state index in [0.29, 0.717) is 18.7 Å². The molecule has 1 amide bonds. The summed E-state index contributed by atoms with van der Waals surface area (Å²) < 4.78 is 15.3. The molecule has 140 valence electrons. The average Bonchev–Trinajstić information content (AvgIpc) is 2.96. The molecule has 0 bridgehead atoms. The van der Waals surface area contributed by atoms with Crippen LogP contribution in [-0.2, 0) is 11.2 Å². The molecule has 7 heteroatoms. The van der Waals surface area contributed by atoms with Gasteiger partial charge < -0.3 is 9.88 Å². The second-order valence-electron chi connectivity index (χ2n) is 6.91. The molecule has 1 aliphatic rings. The molecule has 2 aromatic carbocycles. The number of hydrogen-bond acceptors (Lipinski definition) is 2. The van der Waals surface area contributed by atoms with E-state index in [0.717, 1.165) is 23.9 Å². The van der Waals surface area contributed by atoms with Crippen molar-refractivity contribution >= 4 is 28.5 Å². The molecular weight excluding hydrogens is 369 g/mol. The highest BCUT2D eigenvalue weighted by molar-refractivity contribution is 6.30. The van der Waals surface area contributed by atoms with E-state index < -0.39 is 5.82 Å². The van der Waals surface area contributed by atoms with Crippen molar-refractivity contribution in [2.24, 2.45) is 0 Å². The number of carbonyl (C=O) groups is 1. The Balaban J connectivity index is 1.54. The Morgan fingerprint density at radius 3 is 2.89 bits per heavy atom. The van der Waals surface area contributed by atoms with Gasteiger partial charge in [0.05, 0.1) is 23.5 Å². The first-order valence-electron chi connectivity index (χ1n) is 8.93. The highest BCUT2D eigenvalue weighted by atomic mass is 35.5. The van der Waals surface area contributed by atoms with Crippen molar-refractivity contribution in [2.75, 3.05) is 13.1 Å². The molecule has 0 aliphatic carbocycles. The van der Waals surface area contributed by atoms with Crippen LogP contribution >= 0.6 is 11.6 Å². The number of H-pyrrole nitrogens is 1. The van der Waals surface area contributed by atoms with Crippen LogP contribution in [0.2, 0.25) is 5.02 Å². The summed E-state index contributed by atoms with van der Waals surface area (Å²) in [5.41, 5.74) is 2.03. The van der Waals surface area contributed by atoms with Crippen LogP contribution < -0.4 is 5.69 Å². The summed E-state index contributed by atoms with van der Waals surface area (Å²) in [6, 6.07) is 11.6. The number of amides is 1. The number of halogens is 2. The monoisotopic (exact) mass is 387 g/mol. The number of carbonyl (C=O) groups excluding carboxylic acids is 1. The third kappa shape index (κ3) is 3.62. The molecule has 3 aromatic rings. The summed E-state index contributed by atoms with van der Waals surface area (Å²) >= 11 is 5.88. The molecule has 4 rings (SSSR count). The van der Waals surface area contributed by atoms with E-state index in [1.54, 1.807) is 15.5 Å². The summed E-state index contributed by atoms with van der Waals surface area (Å²) in [7, 11) is 0. The molecule has 1 aromatic heterocycles. The number of piperidine rings is 1. The minimum Gasteiger partial charge on any atom is -0.340 e. The Hall–Kier alpha value is -2.60. The fourth-order valence-electron chi connectivity index (χ4n) is 3.83. The number of hydrogen-bond donors (Lipinski definition) is 1. The van der Waals surface area contributed by atoms with Crippen LogP contribution in [0.15, 0.2) is 47.3 Å². The summed E-state index contributed by atoms with van der Waals surface area (Å²) in [6.45, 7) is 1.10. The minimum atomic E-state index is -0.452. The van der Waals surface area contributed by atoms with Crippen molar-refractivity contribution in [2.45, 2.75) is 25.3 Å². The zero-order valence-electron chi connectivity index (χ0n) is 14.6. The summed E-state index contributed by atoms with van der Waals surface area (Å²) in [6.07, 6.45) is 1.73. The van der Waals surface area contributed by atoms with Crippen LogP contribution in [0.4, 0.5) is 4.39 Å². The highest BCUT2D eigenvalue weighted by Crippen LogP contribution is 2.25. The molecule has 5 nitrogen and oxygen atoms in total. The number of likely N-dealkylation sites (tertiary alicyclic amines) is 1. The lowest BCUT2D eigenvalue weighted by Gasteiger charge is -2.33. The van der Waals surface area contributed by atoms with E-state index in [9.17, 15) is 14.0 Å². The molecule has 0 spiro atoms. The van der Waals surface area contributed by atoms with Gasteiger partial charge in [0.2, 0.25) is 5.91 Å². The maximum absolute atomic E-state index is 13.5. The summed E-state index contributed by atoms with van der Waals surface area (Å²) in [5.74, 6) is -0.540. The van der Waals surface area contributed by atoms with E-state index in [1.807, 2.05) is 24.3 Å². The van der Waals surface area contributed by atoms with Crippen LogP contribution in [0, 0.1) is 5.82 Å². The molecule has 0 radical (unpaired) electrons. The maximum Gasteiger partial charge on any atom is 0.326 e. The Kier molecular flexibility index (Phi) is 4.74. The topological polar surface area (TPSA) is 58.1 Å². The number of aromatic amines is 1. The van der Waals surface area contributed by atoms with E-state index in [1.165, 1.54) is 12.1 Å². The first-order valence-corrected chi connectivity index (χ1v) is 9.31. The maximum atomic E-state index is 13.5. The van der Waals surface area contributed by atoms with Gasteiger partial charge in [0.1, 0.15) is 5.82 Å². The van der Waals surface area contributed by atoms with Gasteiger partial charge in [0, 0.05) is 18.1 Å². The lowest BCUT2D eigenvalue weighted by Crippen LogP contribution is -2.43. The quantitative estimate of drug-likeness (QED) is 0.747. The van der Waals surface area contributed by atoms with E-state index >= 15 is 0 Å². The number of nitrogens with zero attached hydrogens (tertiary/aromatic N) is 2. The molecule has 1 N–H and O–H groups in total. The van der Waals surface area contributed by atoms with Crippen LogP contribution in [0.25, 0.3) is 11.0 Å². The predicted molar refractivity (Wildman–Crippen MR) is 103 cm³/mol. The van der Waals surface area contributed by atoms with Crippen LogP contribution in [0.5, 0.6) is 0 Å². The van der Waals surface area contributed by atoms with Gasteiger partial charge >= 0.3 is 5.69 Å². The third-order valence-corrected chi connectivity index (χ3v) is 5.23. The zero-order valence-corrected chi connectivity index (χ0v) is 15.4. The van der Waals surface area contributed by atoms with Crippen molar-refractivity contribution in [1.29, 1.82) is 0 Å². The van der Waals surface area contributed by atoms with Crippen molar-refractivity contribution in [1.82, 2.24) is 14.5 Å². The fraction of sp³-hybridized carbons (Fsp3) is 0.300. The normalized spacial score (nSPS) is 17.4. The number of imidazole rings is 1. The van der Waals surface area contributed by atoms with E-state index in [4.69, 9.17) is 11.6 Å². The third-order valence-electron chi connectivity index (χ3n) is 5.02. The summed E-state index contributed by atoms with van der Waals surface area (Å²) in [5, 5.41) is 0.277. The van der Waals surface area contributed by atoms with Gasteiger partial charge in [-0.05, 0) is 48.7 Å². The first-order chi connectivity index (χ1) is 13.0. The molecule has 2 heterocycles. The van der Waals surface area contributed by atoms with Gasteiger partial charge in [-0.2, -0.15) is 0 Å². The van der Waals surface area contributed by atoms with E-state index in [2.05, 4.69) is 4.98 Å². The van der Waals surface area contributed by atoms with Crippen LogP contribution in [0.1, 0.15) is 24.4 Å². The Labute approximate surface area is 160 Å². The van der Waals surface area contributed by atoms with Crippen LogP contribution in [0.3, 0.4) is 0 Å². The van der Waals surface area contributed by atoms with Gasteiger partial charge in [-0.25, -0.2) is 9.18 Å². The molecule has 1 atom stereocenters. The highest BCUT2D eigenvalue weighted by Gasteiger charge is 2.27. The van der Waals surface area contributed by atoms with Crippen molar-refractivity contribution in [3.8, 4) is 0 Å². The Morgan fingerprint density at radius 1 is 1.26 bits per heavy atom. The van der Waals surface area contributed by atoms with Gasteiger partial charge in [-0.1, -0.05) is 23.7 Å². The Bertz CT molecular complexity index is 1040.